The minimum Gasteiger partial charge on any atom is -0.478 e. The van der Waals surface area contributed by atoms with E-state index < -0.39 is 11.9 Å². The summed E-state index contributed by atoms with van der Waals surface area (Å²) in [6.45, 7) is 1.71. The van der Waals surface area contributed by atoms with Gasteiger partial charge in [-0.15, -0.1) is 10.2 Å². The fraction of sp³-hybridized carbons (Fsp3) is 0.158. The maximum atomic E-state index is 13.7. The van der Waals surface area contributed by atoms with E-state index in [-0.39, 0.29) is 11.6 Å². The van der Waals surface area contributed by atoms with Crippen LogP contribution in [0.4, 0.5) is 4.39 Å². The number of rotatable bonds is 7. The van der Waals surface area contributed by atoms with E-state index in [4.69, 9.17) is 13.7 Å². The van der Waals surface area contributed by atoms with Gasteiger partial charge < -0.3 is 13.7 Å². The zero-order chi connectivity index (χ0) is 19.3. The summed E-state index contributed by atoms with van der Waals surface area (Å²) in [6.07, 6.45) is -0.591. The molecule has 0 aliphatic heterocycles. The minimum absolute atomic E-state index is 0.127. The Labute approximate surface area is 163 Å². The summed E-state index contributed by atoms with van der Waals surface area (Å²) in [5.41, 5.74) is 0.877. The zero-order valence-electron chi connectivity index (χ0n) is 14.8. The highest BCUT2D eigenvalue weighted by atomic mass is 32.2. The second-order valence-electron chi connectivity index (χ2n) is 5.76. The summed E-state index contributed by atoms with van der Waals surface area (Å²) in [6, 6.07) is 15.7. The molecule has 0 amide bonds. The van der Waals surface area contributed by atoms with Gasteiger partial charge in [0.15, 0.2) is 17.7 Å². The molecule has 0 aliphatic rings. The summed E-state index contributed by atoms with van der Waals surface area (Å²) in [7, 11) is 0. The molecule has 2 aromatic heterocycles. The Balaban J connectivity index is 1.36. The highest BCUT2D eigenvalue weighted by molar-refractivity contribution is 7.98. The van der Waals surface area contributed by atoms with Gasteiger partial charge in [0.25, 0.3) is 11.1 Å². The molecular weight excluding hydrogens is 383 g/mol. The first-order valence-corrected chi connectivity index (χ1v) is 9.43. The van der Waals surface area contributed by atoms with E-state index in [1.165, 1.54) is 23.9 Å². The van der Waals surface area contributed by atoms with Crippen molar-refractivity contribution < 1.29 is 18.1 Å². The maximum Gasteiger partial charge on any atom is 0.277 e. The number of aromatic nitrogens is 4. The summed E-state index contributed by atoms with van der Waals surface area (Å²) >= 11 is 1.26. The number of hydrogen-bond acceptors (Lipinski definition) is 8. The van der Waals surface area contributed by atoms with E-state index in [0.29, 0.717) is 22.7 Å². The van der Waals surface area contributed by atoms with E-state index in [2.05, 4.69) is 20.3 Å². The van der Waals surface area contributed by atoms with Crippen molar-refractivity contribution >= 4 is 11.8 Å². The van der Waals surface area contributed by atoms with Crippen LogP contribution in [0.1, 0.15) is 24.8 Å². The maximum absolute atomic E-state index is 13.7. The van der Waals surface area contributed by atoms with Crippen LogP contribution in [-0.2, 0) is 5.75 Å². The van der Waals surface area contributed by atoms with Crippen molar-refractivity contribution in [2.75, 3.05) is 0 Å². The molecule has 7 nitrogen and oxygen atoms in total. The number of hydrogen-bond donors (Lipinski definition) is 0. The number of para-hydroxylation sites is 1. The van der Waals surface area contributed by atoms with Gasteiger partial charge in [-0.2, -0.15) is 4.98 Å². The highest BCUT2D eigenvalue weighted by Gasteiger charge is 2.18. The number of thioether (sulfide) groups is 1. The Morgan fingerprint density at radius 3 is 2.68 bits per heavy atom. The van der Waals surface area contributed by atoms with Crippen LogP contribution in [0, 0.1) is 5.82 Å². The van der Waals surface area contributed by atoms with Crippen molar-refractivity contribution in [3.63, 3.8) is 0 Å². The van der Waals surface area contributed by atoms with Crippen LogP contribution in [0.25, 0.3) is 11.4 Å². The van der Waals surface area contributed by atoms with Crippen LogP contribution in [0.5, 0.6) is 5.75 Å². The van der Waals surface area contributed by atoms with Crippen LogP contribution in [0.2, 0.25) is 0 Å². The molecule has 0 bridgehead atoms. The first-order chi connectivity index (χ1) is 13.7. The van der Waals surface area contributed by atoms with Gasteiger partial charge in [-0.3, -0.25) is 0 Å². The van der Waals surface area contributed by atoms with Crippen LogP contribution < -0.4 is 4.74 Å². The molecule has 1 unspecified atom stereocenters. The molecule has 142 valence electrons. The summed E-state index contributed by atoms with van der Waals surface area (Å²) in [5.74, 6) is 1.27. The topological polar surface area (TPSA) is 87.1 Å². The van der Waals surface area contributed by atoms with Gasteiger partial charge in [0.05, 0.1) is 5.75 Å². The number of ether oxygens (including phenoxy) is 1. The van der Waals surface area contributed by atoms with Crippen molar-refractivity contribution in [2.45, 2.75) is 24.0 Å². The molecule has 0 N–H and O–H groups in total. The van der Waals surface area contributed by atoms with E-state index in [0.717, 1.165) is 5.56 Å². The number of nitrogens with zero attached hydrogens (tertiary/aromatic N) is 4. The highest BCUT2D eigenvalue weighted by Crippen LogP contribution is 2.27. The van der Waals surface area contributed by atoms with Crippen LogP contribution in [-0.4, -0.2) is 20.3 Å². The predicted molar refractivity (Wildman–Crippen MR) is 99.0 cm³/mol. The molecular formula is C19H15FN4O3S. The molecule has 0 aliphatic carbocycles. The summed E-state index contributed by atoms with van der Waals surface area (Å²) in [5, 5.41) is 12.2. The normalized spacial score (nSPS) is 12.1. The van der Waals surface area contributed by atoms with E-state index in [9.17, 15) is 4.39 Å². The molecule has 0 spiro atoms. The molecule has 2 aromatic carbocycles. The predicted octanol–water partition coefficient (Wildman–Crippen LogP) is 4.69. The molecule has 0 fully saturated rings. The summed E-state index contributed by atoms with van der Waals surface area (Å²) in [4.78, 5) is 4.35. The Morgan fingerprint density at radius 1 is 1.07 bits per heavy atom. The third-order valence-electron chi connectivity index (χ3n) is 3.73. The van der Waals surface area contributed by atoms with Crippen LogP contribution in [0.15, 0.2) is 68.8 Å². The van der Waals surface area contributed by atoms with Crippen molar-refractivity contribution in [3.8, 4) is 17.1 Å². The molecule has 9 heteroatoms. The average molecular weight is 398 g/mol. The standard InChI is InChI=1S/C19H15FN4O3S/c1-12(25-15-10-6-5-9-14(15)20)18-22-23-19(26-18)28-11-16-21-17(24-27-16)13-7-3-2-4-8-13/h2-10,12H,11H2,1H3. The molecule has 4 rings (SSSR count). The fourth-order valence-corrected chi connectivity index (χ4v) is 2.97. The Kier molecular flexibility index (Phi) is 5.34. The monoisotopic (exact) mass is 398 g/mol. The third kappa shape index (κ3) is 4.20. The van der Waals surface area contributed by atoms with Crippen LogP contribution in [0.3, 0.4) is 0 Å². The molecule has 2 heterocycles. The summed E-state index contributed by atoms with van der Waals surface area (Å²) < 4.78 is 30.0. The zero-order valence-corrected chi connectivity index (χ0v) is 15.6. The van der Waals surface area contributed by atoms with Gasteiger partial charge in [0.2, 0.25) is 11.7 Å². The van der Waals surface area contributed by atoms with Crippen LogP contribution >= 0.6 is 11.8 Å². The molecule has 28 heavy (non-hydrogen) atoms. The smallest absolute Gasteiger partial charge is 0.277 e. The lowest BCUT2D eigenvalue weighted by atomic mass is 10.2. The first kappa shape index (κ1) is 18.2. The van der Waals surface area contributed by atoms with Crippen molar-refractivity contribution in [1.82, 2.24) is 20.3 Å². The van der Waals surface area contributed by atoms with E-state index in [1.54, 1.807) is 19.1 Å². The second kappa shape index (κ2) is 8.22. The van der Waals surface area contributed by atoms with Gasteiger partial charge in [0, 0.05) is 5.56 Å². The number of halogens is 1. The Morgan fingerprint density at radius 2 is 1.86 bits per heavy atom. The SMILES string of the molecule is CC(Oc1ccccc1F)c1nnc(SCc2nc(-c3ccccc3)no2)o1. The first-order valence-electron chi connectivity index (χ1n) is 8.44. The van der Waals surface area contributed by atoms with E-state index in [1.807, 2.05) is 30.3 Å². The molecule has 1 atom stereocenters. The van der Waals surface area contributed by atoms with E-state index >= 15 is 0 Å². The molecule has 0 saturated carbocycles. The lowest BCUT2D eigenvalue weighted by Crippen LogP contribution is -2.04. The molecule has 0 radical (unpaired) electrons. The van der Waals surface area contributed by atoms with Crippen molar-refractivity contribution in [2.24, 2.45) is 0 Å². The lowest BCUT2D eigenvalue weighted by molar-refractivity contribution is 0.174. The Hall–Kier alpha value is -3.20. The van der Waals surface area contributed by atoms with Gasteiger partial charge in [-0.25, -0.2) is 4.39 Å². The molecule has 0 saturated heterocycles. The third-order valence-corrected chi connectivity index (χ3v) is 4.53. The molecule has 4 aromatic rings. The quantitative estimate of drug-likeness (QED) is 0.414. The van der Waals surface area contributed by atoms with Gasteiger partial charge >= 0.3 is 0 Å². The lowest BCUT2D eigenvalue weighted by Gasteiger charge is -2.11. The van der Waals surface area contributed by atoms with Gasteiger partial charge in [-0.1, -0.05) is 59.4 Å². The van der Waals surface area contributed by atoms with Crippen molar-refractivity contribution in [3.05, 3.63) is 72.2 Å². The fourth-order valence-electron chi connectivity index (χ4n) is 2.37. The van der Waals surface area contributed by atoms with Gasteiger partial charge in [-0.05, 0) is 19.1 Å². The Bertz CT molecular complexity index is 1050. The van der Waals surface area contributed by atoms with Gasteiger partial charge in [0.1, 0.15) is 0 Å². The minimum atomic E-state index is -0.591. The number of benzene rings is 2. The largest absolute Gasteiger partial charge is 0.478 e. The average Bonchev–Trinajstić information content (AvgIpc) is 3.38. The second-order valence-corrected chi connectivity index (χ2v) is 6.69. The van der Waals surface area contributed by atoms with Crippen molar-refractivity contribution in [1.29, 1.82) is 0 Å².